The lowest BCUT2D eigenvalue weighted by atomic mass is 10.1. The third-order valence-corrected chi connectivity index (χ3v) is 6.37. The highest BCUT2D eigenvalue weighted by molar-refractivity contribution is 7.89. The molecule has 3 aromatic rings. The van der Waals surface area contributed by atoms with Crippen molar-refractivity contribution >= 4 is 27.5 Å². The summed E-state index contributed by atoms with van der Waals surface area (Å²) >= 11 is 6.20. The summed E-state index contributed by atoms with van der Waals surface area (Å²) in [5.74, 6) is -0.0819. The van der Waals surface area contributed by atoms with E-state index in [9.17, 15) is 13.2 Å². The minimum Gasteiger partial charge on any atom is -0.482 e. The SMILES string of the molecule is C[C@H](NS(=O)(=O)c1ccc(OCC(=O)NCc2ccccc2)c(Cl)c1)c1ccccc1. The van der Waals surface area contributed by atoms with E-state index in [1.807, 2.05) is 60.7 Å². The van der Waals surface area contributed by atoms with Crippen LogP contribution in [0.1, 0.15) is 24.1 Å². The second-order valence-corrected chi connectivity index (χ2v) is 9.02. The summed E-state index contributed by atoms with van der Waals surface area (Å²) in [4.78, 5) is 12.0. The predicted molar refractivity (Wildman–Crippen MR) is 120 cm³/mol. The normalized spacial score (nSPS) is 12.2. The van der Waals surface area contributed by atoms with Gasteiger partial charge < -0.3 is 10.1 Å². The first-order valence-electron chi connectivity index (χ1n) is 9.65. The predicted octanol–water partition coefficient (Wildman–Crippen LogP) is 4.07. The van der Waals surface area contributed by atoms with E-state index in [2.05, 4.69) is 10.0 Å². The summed E-state index contributed by atoms with van der Waals surface area (Å²) in [6, 6.07) is 22.5. The van der Waals surface area contributed by atoms with E-state index < -0.39 is 16.1 Å². The van der Waals surface area contributed by atoms with E-state index in [0.29, 0.717) is 6.54 Å². The van der Waals surface area contributed by atoms with E-state index in [4.69, 9.17) is 16.3 Å². The maximum Gasteiger partial charge on any atom is 0.258 e. The Morgan fingerprint density at radius 2 is 1.65 bits per heavy atom. The van der Waals surface area contributed by atoms with Crippen LogP contribution in [-0.2, 0) is 21.4 Å². The number of carbonyl (C=O) groups is 1. The number of nitrogens with one attached hydrogen (secondary N) is 2. The van der Waals surface area contributed by atoms with Crippen molar-refractivity contribution in [1.82, 2.24) is 10.0 Å². The van der Waals surface area contributed by atoms with Crippen LogP contribution >= 0.6 is 11.6 Å². The molecule has 0 saturated heterocycles. The highest BCUT2D eigenvalue weighted by atomic mass is 35.5. The minimum atomic E-state index is -3.79. The van der Waals surface area contributed by atoms with Crippen molar-refractivity contribution in [3.05, 3.63) is 95.0 Å². The fraction of sp³-hybridized carbons (Fsp3) is 0.174. The molecular weight excluding hydrogens is 436 g/mol. The molecule has 0 unspecified atom stereocenters. The van der Waals surface area contributed by atoms with Gasteiger partial charge in [-0.05, 0) is 36.2 Å². The van der Waals surface area contributed by atoms with Crippen LogP contribution in [0.5, 0.6) is 5.75 Å². The molecule has 6 nitrogen and oxygen atoms in total. The molecule has 1 amide bonds. The average molecular weight is 459 g/mol. The summed E-state index contributed by atoms with van der Waals surface area (Å²) in [7, 11) is -3.79. The fourth-order valence-corrected chi connectivity index (χ4v) is 4.42. The number of hydrogen-bond donors (Lipinski definition) is 2. The Bertz CT molecular complexity index is 1120. The van der Waals surface area contributed by atoms with E-state index in [-0.39, 0.29) is 28.2 Å². The van der Waals surface area contributed by atoms with Crippen LogP contribution in [0.4, 0.5) is 0 Å². The van der Waals surface area contributed by atoms with Crippen LogP contribution < -0.4 is 14.8 Å². The van der Waals surface area contributed by atoms with Gasteiger partial charge in [0.05, 0.1) is 9.92 Å². The van der Waals surface area contributed by atoms with Gasteiger partial charge in [-0.1, -0.05) is 72.3 Å². The second kappa shape index (κ2) is 10.4. The minimum absolute atomic E-state index is 0.0150. The Morgan fingerprint density at radius 1 is 1.00 bits per heavy atom. The molecule has 8 heteroatoms. The molecule has 0 aliphatic heterocycles. The number of hydrogen-bond acceptors (Lipinski definition) is 4. The molecule has 2 N–H and O–H groups in total. The van der Waals surface area contributed by atoms with Crippen molar-refractivity contribution in [2.45, 2.75) is 24.4 Å². The molecule has 3 rings (SSSR count). The average Bonchev–Trinajstić information content (AvgIpc) is 2.77. The molecule has 3 aromatic carbocycles. The van der Waals surface area contributed by atoms with Crippen LogP contribution in [0.15, 0.2) is 83.8 Å². The summed E-state index contributed by atoms with van der Waals surface area (Å²) in [5, 5.41) is 2.85. The maximum absolute atomic E-state index is 12.7. The Kier molecular flexibility index (Phi) is 7.68. The molecule has 0 bridgehead atoms. The largest absolute Gasteiger partial charge is 0.482 e. The number of rotatable bonds is 9. The Balaban J connectivity index is 1.58. The number of carbonyl (C=O) groups excluding carboxylic acids is 1. The quantitative estimate of drug-likeness (QED) is 0.506. The third-order valence-electron chi connectivity index (χ3n) is 4.54. The molecule has 0 saturated carbocycles. The van der Waals surface area contributed by atoms with Gasteiger partial charge in [-0.25, -0.2) is 13.1 Å². The van der Waals surface area contributed by atoms with Crippen LogP contribution in [0.2, 0.25) is 5.02 Å². The zero-order valence-corrected chi connectivity index (χ0v) is 18.5. The highest BCUT2D eigenvalue weighted by Gasteiger charge is 2.20. The summed E-state index contributed by atoms with van der Waals surface area (Å²) < 4.78 is 33.5. The zero-order chi connectivity index (χ0) is 22.3. The lowest BCUT2D eigenvalue weighted by Gasteiger charge is -2.15. The van der Waals surface area contributed by atoms with Gasteiger partial charge in [0.1, 0.15) is 5.75 Å². The number of amides is 1. The first kappa shape index (κ1) is 22.8. The number of halogens is 1. The molecule has 1 atom stereocenters. The van der Waals surface area contributed by atoms with Crippen molar-refractivity contribution in [3.63, 3.8) is 0 Å². The second-order valence-electron chi connectivity index (χ2n) is 6.90. The molecular formula is C23H23ClN2O4S. The van der Waals surface area contributed by atoms with Crippen molar-refractivity contribution in [2.75, 3.05) is 6.61 Å². The van der Waals surface area contributed by atoms with Gasteiger partial charge in [0, 0.05) is 12.6 Å². The summed E-state index contributed by atoms with van der Waals surface area (Å²) in [6.45, 7) is 1.92. The van der Waals surface area contributed by atoms with Crippen molar-refractivity contribution in [3.8, 4) is 5.75 Å². The summed E-state index contributed by atoms with van der Waals surface area (Å²) in [5.41, 5.74) is 1.82. The standard InChI is InChI=1S/C23H23ClN2O4S/c1-17(19-10-6-3-7-11-19)26-31(28,29)20-12-13-22(21(24)14-20)30-16-23(27)25-15-18-8-4-2-5-9-18/h2-14,17,26H,15-16H2,1H3,(H,25,27)/t17-/m0/s1. The number of benzene rings is 3. The van der Waals surface area contributed by atoms with Crippen molar-refractivity contribution in [1.29, 1.82) is 0 Å². The first-order valence-corrected chi connectivity index (χ1v) is 11.5. The van der Waals surface area contributed by atoms with Gasteiger partial charge in [-0.3, -0.25) is 4.79 Å². The smallest absolute Gasteiger partial charge is 0.258 e. The zero-order valence-electron chi connectivity index (χ0n) is 16.9. The third kappa shape index (κ3) is 6.55. The van der Waals surface area contributed by atoms with E-state index in [1.165, 1.54) is 18.2 Å². The molecule has 0 aromatic heterocycles. The maximum atomic E-state index is 12.7. The van der Waals surface area contributed by atoms with Crippen molar-refractivity contribution in [2.24, 2.45) is 0 Å². The molecule has 0 heterocycles. The summed E-state index contributed by atoms with van der Waals surface area (Å²) in [6.07, 6.45) is 0. The lowest BCUT2D eigenvalue weighted by molar-refractivity contribution is -0.123. The number of ether oxygens (including phenoxy) is 1. The molecule has 0 aliphatic carbocycles. The van der Waals surface area contributed by atoms with Crippen LogP contribution in [0.25, 0.3) is 0 Å². The van der Waals surface area contributed by atoms with E-state index >= 15 is 0 Å². The van der Waals surface area contributed by atoms with Gasteiger partial charge in [-0.15, -0.1) is 0 Å². The van der Waals surface area contributed by atoms with Gasteiger partial charge >= 0.3 is 0 Å². The monoisotopic (exact) mass is 458 g/mol. The fourth-order valence-electron chi connectivity index (χ4n) is 2.87. The molecule has 0 aliphatic rings. The highest BCUT2D eigenvalue weighted by Crippen LogP contribution is 2.28. The van der Waals surface area contributed by atoms with E-state index in [1.54, 1.807) is 6.92 Å². The lowest BCUT2D eigenvalue weighted by Crippen LogP contribution is -2.28. The van der Waals surface area contributed by atoms with Gasteiger partial charge in [0.2, 0.25) is 10.0 Å². The molecule has 31 heavy (non-hydrogen) atoms. The van der Waals surface area contributed by atoms with Crippen LogP contribution in [0.3, 0.4) is 0 Å². The Hall–Kier alpha value is -2.87. The topological polar surface area (TPSA) is 84.5 Å². The van der Waals surface area contributed by atoms with Gasteiger partial charge in [0.25, 0.3) is 5.91 Å². The van der Waals surface area contributed by atoms with Crippen LogP contribution in [0, 0.1) is 0 Å². The molecule has 0 spiro atoms. The number of sulfonamides is 1. The van der Waals surface area contributed by atoms with Crippen molar-refractivity contribution < 1.29 is 17.9 Å². The van der Waals surface area contributed by atoms with Crippen LogP contribution in [-0.4, -0.2) is 20.9 Å². The molecule has 0 radical (unpaired) electrons. The van der Waals surface area contributed by atoms with Gasteiger partial charge in [-0.2, -0.15) is 0 Å². The molecule has 162 valence electrons. The Morgan fingerprint density at radius 3 is 2.29 bits per heavy atom. The Labute approximate surface area is 187 Å². The van der Waals surface area contributed by atoms with E-state index in [0.717, 1.165) is 11.1 Å². The van der Waals surface area contributed by atoms with Gasteiger partial charge in [0.15, 0.2) is 6.61 Å². The molecule has 0 fully saturated rings. The first-order chi connectivity index (χ1) is 14.8.